The predicted octanol–water partition coefficient (Wildman–Crippen LogP) is 3.88. The van der Waals surface area contributed by atoms with Crippen LogP contribution in [0.25, 0.3) is 0 Å². The first-order chi connectivity index (χ1) is 10.4. The van der Waals surface area contributed by atoms with Gasteiger partial charge in [-0.2, -0.15) is 0 Å². The smallest absolute Gasteiger partial charge is 0.256 e. The molecule has 1 amide bonds. The summed E-state index contributed by atoms with van der Waals surface area (Å²) in [5, 5.41) is 3.55. The first kappa shape index (κ1) is 16.6. The van der Waals surface area contributed by atoms with Gasteiger partial charge in [-0.15, -0.1) is 0 Å². The zero-order chi connectivity index (χ0) is 16.3. The molecule has 5 heteroatoms. The van der Waals surface area contributed by atoms with Gasteiger partial charge in [-0.05, 0) is 51.3 Å². The molecule has 0 spiro atoms. The van der Waals surface area contributed by atoms with E-state index in [1.54, 1.807) is 0 Å². The summed E-state index contributed by atoms with van der Waals surface area (Å²) in [6.07, 6.45) is 0. The second kappa shape index (κ2) is 7.01. The Morgan fingerprint density at radius 2 is 2.00 bits per heavy atom. The molecule has 2 rings (SSSR count). The van der Waals surface area contributed by atoms with Crippen LogP contribution < -0.4 is 5.32 Å². The molecule has 1 heterocycles. The number of thioether (sulfide) groups is 1. The molecule has 118 valence electrons. The number of hydrogen-bond donors (Lipinski definition) is 1. The Labute approximate surface area is 135 Å². The van der Waals surface area contributed by atoms with E-state index in [4.69, 9.17) is 4.42 Å². The molecule has 1 aromatic carbocycles. The van der Waals surface area contributed by atoms with Gasteiger partial charge in [0.1, 0.15) is 5.76 Å². The van der Waals surface area contributed by atoms with E-state index in [1.165, 1.54) is 22.9 Å². The summed E-state index contributed by atoms with van der Waals surface area (Å²) >= 11 is 1.32. The molecule has 0 saturated heterocycles. The molecule has 1 atom stereocenters. The molecule has 0 radical (unpaired) electrons. The van der Waals surface area contributed by atoms with E-state index in [-0.39, 0.29) is 11.9 Å². The van der Waals surface area contributed by atoms with Crippen LogP contribution in [0.1, 0.15) is 41.1 Å². The number of nitrogens with one attached hydrogen (secondary N) is 1. The van der Waals surface area contributed by atoms with Crippen LogP contribution in [-0.2, 0) is 4.79 Å². The molecule has 0 aliphatic rings. The van der Waals surface area contributed by atoms with Crippen molar-refractivity contribution >= 4 is 17.7 Å². The zero-order valence-corrected chi connectivity index (χ0v) is 14.5. The SMILES string of the molecule is Cc1ccc(C(C)NC(=O)CSc2nc(C)c(C)o2)cc1C. The number of benzene rings is 1. The van der Waals surface area contributed by atoms with Crippen molar-refractivity contribution < 1.29 is 9.21 Å². The van der Waals surface area contributed by atoms with Gasteiger partial charge in [0, 0.05) is 0 Å². The topological polar surface area (TPSA) is 55.1 Å². The highest BCUT2D eigenvalue weighted by Gasteiger charge is 2.13. The summed E-state index contributed by atoms with van der Waals surface area (Å²) in [6.45, 7) is 9.92. The van der Waals surface area contributed by atoms with Gasteiger partial charge in [-0.3, -0.25) is 4.79 Å². The Kier molecular flexibility index (Phi) is 5.29. The van der Waals surface area contributed by atoms with Crippen LogP contribution in [0.2, 0.25) is 0 Å². The van der Waals surface area contributed by atoms with Crippen LogP contribution in [-0.4, -0.2) is 16.6 Å². The van der Waals surface area contributed by atoms with Crippen LogP contribution in [0, 0.1) is 27.7 Å². The number of aryl methyl sites for hydroxylation is 4. The third-order valence-corrected chi connectivity index (χ3v) is 4.57. The van der Waals surface area contributed by atoms with Crippen LogP contribution in [0.5, 0.6) is 0 Å². The number of amides is 1. The highest BCUT2D eigenvalue weighted by atomic mass is 32.2. The Morgan fingerprint density at radius 1 is 1.27 bits per heavy atom. The molecule has 0 saturated carbocycles. The molecule has 0 bridgehead atoms. The van der Waals surface area contributed by atoms with Crippen molar-refractivity contribution in [3.8, 4) is 0 Å². The first-order valence-electron chi connectivity index (χ1n) is 7.30. The molecule has 0 fully saturated rings. The van der Waals surface area contributed by atoms with Crippen molar-refractivity contribution in [2.75, 3.05) is 5.75 Å². The standard InChI is InChI=1S/C17H22N2O2S/c1-10-6-7-15(8-11(10)2)13(4)18-16(20)9-22-17-19-12(3)14(5)21-17/h6-8,13H,9H2,1-5H3,(H,18,20). The van der Waals surface area contributed by atoms with Crippen molar-refractivity contribution in [1.82, 2.24) is 10.3 Å². The quantitative estimate of drug-likeness (QED) is 0.850. The number of hydrogen-bond acceptors (Lipinski definition) is 4. The fourth-order valence-corrected chi connectivity index (χ4v) is 2.76. The van der Waals surface area contributed by atoms with Crippen LogP contribution in [0.15, 0.2) is 27.8 Å². The number of carbonyl (C=O) groups is 1. The van der Waals surface area contributed by atoms with Crippen molar-refractivity contribution in [2.24, 2.45) is 0 Å². The summed E-state index contributed by atoms with van der Waals surface area (Å²) in [7, 11) is 0. The molecular formula is C17H22N2O2S. The minimum absolute atomic E-state index is 0.0135. The second-order valence-electron chi connectivity index (χ2n) is 5.54. The van der Waals surface area contributed by atoms with Crippen LogP contribution >= 0.6 is 11.8 Å². The first-order valence-corrected chi connectivity index (χ1v) is 8.28. The van der Waals surface area contributed by atoms with E-state index in [1.807, 2.05) is 20.8 Å². The number of carbonyl (C=O) groups excluding carboxylic acids is 1. The number of nitrogens with zero attached hydrogens (tertiary/aromatic N) is 1. The molecule has 1 N–H and O–H groups in total. The third kappa shape index (κ3) is 4.13. The van der Waals surface area contributed by atoms with E-state index in [0.717, 1.165) is 17.0 Å². The lowest BCUT2D eigenvalue weighted by molar-refractivity contribution is -0.119. The maximum Gasteiger partial charge on any atom is 0.256 e. The van der Waals surface area contributed by atoms with E-state index >= 15 is 0 Å². The molecule has 0 aliphatic heterocycles. The van der Waals surface area contributed by atoms with Gasteiger partial charge in [0.05, 0.1) is 17.5 Å². The summed E-state index contributed by atoms with van der Waals surface area (Å²) in [4.78, 5) is 16.3. The van der Waals surface area contributed by atoms with Crippen molar-refractivity contribution in [2.45, 2.75) is 45.9 Å². The highest BCUT2D eigenvalue weighted by molar-refractivity contribution is 7.99. The zero-order valence-electron chi connectivity index (χ0n) is 13.7. The van der Waals surface area contributed by atoms with Crippen molar-refractivity contribution in [3.63, 3.8) is 0 Å². The summed E-state index contributed by atoms with van der Waals surface area (Å²) in [5.74, 6) is 1.07. The maximum absolute atomic E-state index is 12.0. The maximum atomic E-state index is 12.0. The lowest BCUT2D eigenvalue weighted by Gasteiger charge is -2.15. The average molecular weight is 318 g/mol. The van der Waals surface area contributed by atoms with Crippen molar-refractivity contribution in [3.05, 3.63) is 46.3 Å². The van der Waals surface area contributed by atoms with Crippen LogP contribution in [0.4, 0.5) is 0 Å². The van der Waals surface area contributed by atoms with Gasteiger partial charge in [-0.1, -0.05) is 30.0 Å². The van der Waals surface area contributed by atoms with Gasteiger partial charge in [0.2, 0.25) is 5.91 Å². The molecule has 22 heavy (non-hydrogen) atoms. The molecule has 1 aromatic heterocycles. The predicted molar refractivity (Wildman–Crippen MR) is 89.2 cm³/mol. The fourth-order valence-electron chi connectivity index (χ4n) is 2.03. The second-order valence-corrected chi connectivity index (χ2v) is 6.47. The Balaban J connectivity index is 1.89. The van der Waals surface area contributed by atoms with E-state index in [0.29, 0.717) is 11.0 Å². The third-order valence-electron chi connectivity index (χ3n) is 3.74. The van der Waals surface area contributed by atoms with E-state index in [2.05, 4.69) is 42.3 Å². The van der Waals surface area contributed by atoms with E-state index in [9.17, 15) is 4.79 Å². The van der Waals surface area contributed by atoms with Gasteiger partial charge in [0.25, 0.3) is 5.22 Å². The van der Waals surface area contributed by atoms with Gasteiger partial charge < -0.3 is 9.73 Å². The number of aromatic nitrogens is 1. The monoisotopic (exact) mass is 318 g/mol. The molecule has 4 nitrogen and oxygen atoms in total. The molecule has 0 aliphatic carbocycles. The highest BCUT2D eigenvalue weighted by Crippen LogP contribution is 2.21. The van der Waals surface area contributed by atoms with Gasteiger partial charge >= 0.3 is 0 Å². The summed E-state index contributed by atoms with van der Waals surface area (Å²) in [6, 6.07) is 6.25. The summed E-state index contributed by atoms with van der Waals surface area (Å²) in [5.41, 5.74) is 4.47. The minimum atomic E-state index is -0.0239. The lowest BCUT2D eigenvalue weighted by atomic mass is 10.0. The Morgan fingerprint density at radius 3 is 2.59 bits per heavy atom. The van der Waals surface area contributed by atoms with E-state index < -0.39 is 0 Å². The number of rotatable bonds is 5. The van der Waals surface area contributed by atoms with Gasteiger partial charge in [-0.25, -0.2) is 4.98 Å². The largest absolute Gasteiger partial charge is 0.437 e. The van der Waals surface area contributed by atoms with Crippen LogP contribution in [0.3, 0.4) is 0 Å². The fraction of sp³-hybridized carbons (Fsp3) is 0.412. The minimum Gasteiger partial charge on any atom is -0.437 e. The molecular weight excluding hydrogens is 296 g/mol. The lowest BCUT2D eigenvalue weighted by Crippen LogP contribution is -2.28. The van der Waals surface area contributed by atoms with Gasteiger partial charge in [0.15, 0.2) is 0 Å². The number of oxazole rings is 1. The summed E-state index contributed by atoms with van der Waals surface area (Å²) < 4.78 is 5.46. The Hall–Kier alpha value is -1.75. The normalized spacial score (nSPS) is 12.2. The average Bonchev–Trinajstić information content (AvgIpc) is 2.78. The van der Waals surface area contributed by atoms with Crippen molar-refractivity contribution in [1.29, 1.82) is 0 Å². The molecule has 2 aromatic rings. The molecule has 1 unspecified atom stereocenters. The Bertz CT molecular complexity index is 660.